The molecule has 3 N–H and O–H groups in total. The van der Waals surface area contributed by atoms with E-state index in [0.29, 0.717) is 38.9 Å². The van der Waals surface area contributed by atoms with E-state index in [9.17, 15) is 14.7 Å². The summed E-state index contributed by atoms with van der Waals surface area (Å²) in [6.07, 6.45) is 7.31. The third-order valence-electron chi connectivity index (χ3n) is 5.61. The van der Waals surface area contributed by atoms with Crippen LogP contribution in [0.4, 0.5) is 0 Å². The maximum absolute atomic E-state index is 12.5. The van der Waals surface area contributed by atoms with Gasteiger partial charge in [-0.15, -0.1) is 0 Å². The Bertz CT molecular complexity index is 394. The zero-order valence-corrected chi connectivity index (χ0v) is 13.1. The van der Waals surface area contributed by atoms with E-state index < -0.39 is 11.4 Å². The normalized spacial score (nSPS) is 24.6. The first-order valence-electron chi connectivity index (χ1n) is 8.12. The van der Waals surface area contributed by atoms with Crippen molar-refractivity contribution in [3.05, 3.63) is 0 Å². The van der Waals surface area contributed by atoms with Crippen LogP contribution in [0.3, 0.4) is 0 Å². The van der Waals surface area contributed by atoms with Crippen LogP contribution in [0, 0.1) is 10.8 Å². The summed E-state index contributed by atoms with van der Waals surface area (Å²) in [6.45, 7) is 3.48. The molecule has 0 atom stereocenters. The molecule has 0 aromatic heterocycles. The lowest BCUT2D eigenvalue weighted by Crippen LogP contribution is -2.47. The molecule has 1 saturated heterocycles. The Morgan fingerprint density at radius 3 is 2.14 bits per heavy atom. The first kappa shape index (κ1) is 16.3. The second-order valence-corrected chi connectivity index (χ2v) is 7.19. The summed E-state index contributed by atoms with van der Waals surface area (Å²) in [4.78, 5) is 25.6. The Morgan fingerprint density at radius 1 is 1.10 bits per heavy atom. The van der Waals surface area contributed by atoms with Crippen LogP contribution in [0.2, 0.25) is 0 Å². The van der Waals surface area contributed by atoms with Crippen molar-refractivity contribution in [2.75, 3.05) is 19.6 Å². The minimum absolute atomic E-state index is 0.0110. The third kappa shape index (κ3) is 3.57. The number of likely N-dealkylation sites (tertiary alicyclic amines) is 1. The van der Waals surface area contributed by atoms with Crippen LogP contribution in [0.5, 0.6) is 0 Å². The molecule has 0 aromatic carbocycles. The van der Waals surface area contributed by atoms with Gasteiger partial charge in [-0.1, -0.05) is 19.3 Å². The number of hydrogen-bond donors (Lipinski definition) is 2. The predicted octanol–water partition coefficient (Wildman–Crippen LogP) is 2.00. The van der Waals surface area contributed by atoms with Gasteiger partial charge in [0.25, 0.3) is 0 Å². The molecule has 0 spiro atoms. The molecule has 2 aliphatic rings. The van der Waals surface area contributed by atoms with Crippen LogP contribution in [-0.4, -0.2) is 41.5 Å². The van der Waals surface area contributed by atoms with Gasteiger partial charge >= 0.3 is 5.97 Å². The van der Waals surface area contributed by atoms with E-state index in [2.05, 4.69) is 0 Å². The first-order chi connectivity index (χ1) is 9.91. The number of aliphatic carboxylic acids is 1. The van der Waals surface area contributed by atoms with Crippen LogP contribution in [0.25, 0.3) is 0 Å². The number of nitrogens with zero attached hydrogens (tertiary/aromatic N) is 1. The van der Waals surface area contributed by atoms with Crippen molar-refractivity contribution in [1.82, 2.24) is 4.90 Å². The number of carboxylic acids is 1. The fourth-order valence-electron chi connectivity index (χ4n) is 3.65. The number of nitrogens with two attached hydrogens (primary N) is 1. The lowest BCUT2D eigenvalue weighted by atomic mass is 9.71. The van der Waals surface area contributed by atoms with Crippen molar-refractivity contribution in [1.29, 1.82) is 0 Å². The van der Waals surface area contributed by atoms with E-state index in [1.165, 1.54) is 19.3 Å². The first-order valence-corrected chi connectivity index (χ1v) is 8.12. The van der Waals surface area contributed by atoms with E-state index in [1.54, 1.807) is 6.92 Å². The Hall–Kier alpha value is -1.10. The molecule has 1 heterocycles. The lowest BCUT2D eigenvalue weighted by Gasteiger charge is -2.40. The lowest BCUT2D eigenvalue weighted by molar-refractivity contribution is -0.153. The number of hydrogen-bond acceptors (Lipinski definition) is 3. The maximum atomic E-state index is 12.5. The van der Waals surface area contributed by atoms with Gasteiger partial charge in [0.05, 0.1) is 5.41 Å². The van der Waals surface area contributed by atoms with Crippen molar-refractivity contribution in [3.63, 3.8) is 0 Å². The molecular weight excluding hydrogens is 268 g/mol. The molecule has 0 aromatic rings. The van der Waals surface area contributed by atoms with Crippen LogP contribution >= 0.6 is 0 Å². The summed E-state index contributed by atoms with van der Waals surface area (Å²) in [7, 11) is 0. The fraction of sp³-hybridized carbons (Fsp3) is 0.875. The van der Waals surface area contributed by atoms with Gasteiger partial charge in [-0.3, -0.25) is 9.59 Å². The van der Waals surface area contributed by atoms with Crippen LogP contribution in [-0.2, 0) is 9.59 Å². The molecule has 5 heteroatoms. The second-order valence-electron chi connectivity index (χ2n) is 7.19. The summed E-state index contributed by atoms with van der Waals surface area (Å²) >= 11 is 0. The van der Waals surface area contributed by atoms with E-state index in [1.807, 2.05) is 4.90 Å². The van der Waals surface area contributed by atoms with E-state index in [-0.39, 0.29) is 11.3 Å². The van der Waals surface area contributed by atoms with Gasteiger partial charge in [0.1, 0.15) is 0 Å². The van der Waals surface area contributed by atoms with Crippen molar-refractivity contribution >= 4 is 11.9 Å². The zero-order valence-electron chi connectivity index (χ0n) is 13.1. The largest absolute Gasteiger partial charge is 0.481 e. The Balaban J connectivity index is 1.91. The summed E-state index contributed by atoms with van der Waals surface area (Å²) in [5, 5.41) is 9.24. The quantitative estimate of drug-likeness (QED) is 0.831. The topological polar surface area (TPSA) is 83.6 Å². The maximum Gasteiger partial charge on any atom is 0.309 e. The second kappa shape index (κ2) is 6.34. The molecule has 1 amide bonds. The minimum atomic E-state index is -0.750. The molecule has 1 aliphatic carbocycles. The van der Waals surface area contributed by atoms with E-state index in [4.69, 9.17) is 5.73 Å². The molecular formula is C16H28N2O3. The zero-order chi connectivity index (χ0) is 15.5. The number of carbonyl (C=O) groups is 2. The Kier molecular flexibility index (Phi) is 4.91. The average Bonchev–Trinajstić information content (AvgIpc) is 2.48. The van der Waals surface area contributed by atoms with Gasteiger partial charge < -0.3 is 15.7 Å². The van der Waals surface area contributed by atoms with Crippen LogP contribution in [0.15, 0.2) is 0 Å². The van der Waals surface area contributed by atoms with E-state index in [0.717, 1.165) is 12.8 Å². The van der Waals surface area contributed by atoms with E-state index >= 15 is 0 Å². The number of piperidine rings is 1. The van der Waals surface area contributed by atoms with Gasteiger partial charge in [0, 0.05) is 19.5 Å². The summed E-state index contributed by atoms with van der Waals surface area (Å²) in [6, 6.07) is 0. The molecule has 0 radical (unpaired) electrons. The molecule has 5 nitrogen and oxygen atoms in total. The molecule has 120 valence electrons. The van der Waals surface area contributed by atoms with Gasteiger partial charge in [-0.25, -0.2) is 0 Å². The standard InChI is InChI=1S/C16H28N2O3/c1-15(14(20)21)7-9-18(10-8-15)13(19)11-16(12-17)5-3-2-4-6-16/h2-12,17H2,1H3,(H,20,21). The van der Waals surface area contributed by atoms with Gasteiger partial charge in [0.15, 0.2) is 0 Å². The SMILES string of the molecule is CC1(C(=O)O)CCN(C(=O)CC2(CN)CCCCC2)CC1. The predicted molar refractivity (Wildman–Crippen MR) is 80.7 cm³/mol. The van der Waals surface area contributed by atoms with Crippen LogP contribution in [0.1, 0.15) is 58.3 Å². The highest BCUT2D eigenvalue weighted by molar-refractivity contribution is 5.78. The molecule has 2 rings (SSSR count). The summed E-state index contributed by atoms with van der Waals surface area (Å²) in [5.41, 5.74) is 5.27. The Labute approximate surface area is 126 Å². The highest BCUT2D eigenvalue weighted by atomic mass is 16.4. The highest BCUT2D eigenvalue weighted by Crippen LogP contribution is 2.39. The number of rotatable bonds is 4. The molecule has 1 aliphatic heterocycles. The van der Waals surface area contributed by atoms with Crippen molar-refractivity contribution < 1.29 is 14.7 Å². The summed E-state index contributed by atoms with van der Waals surface area (Å²) < 4.78 is 0. The number of carboxylic acid groups (broad SMARTS) is 1. The molecule has 1 saturated carbocycles. The molecule has 0 bridgehead atoms. The molecule has 0 unspecified atom stereocenters. The van der Waals surface area contributed by atoms with Gasteiger partial charge in [0.2, 0.25) is 5.91 Å². The molecule has 2 fully saturated rings. The van der Waals surface area contributed by atoms with Crippen molar-refractivity contribution in [3.8, 4) is 0 Å². The van der Waals surface area contributed by atoms with Gasteiger partial charge in [-0.2, -0.15) is 0 Å². The number of amides is 1. The van der Waals surface area contributed by atoms with Crippen LogP contribution < -0.4 is 5.73 Å². The highest BCUT2D eigenvalue weighted by Gasteiger charge is 2.40. The third-order valence-corrected chi connectivity index (χ3v) is 5.61. The van der Waals surface area contributed by atoms with Crippen molar-refractivity contribution in [2.45, 2.75) is 58.3 Å². The smallest absolute Gasteiger partial charge is 0.309 e. The monoisotopic (exact) mass is 296 g/mol. The Morgan fingerprint density at radius 2 is 1.67 bits per heavy atom. The minimum Gasteiger partial charge on any atom is -0.481 e. The fourth-order valence-corrected chi connectivity index (χ4v) is 3.65. The molecule has 21 heavy (non-hydrogen) atoms. The number of carbonyl (C=O) groups excluding carboxylic acids is 1. The van der Waals surface area contributed by atoms with Crippen molar-refractivity contribution in [2.24, 2.45) is 16.6 Å². The average molecular weight is 296 g/mol. The summed E-state index contributed by atoms with van der Waals surface area (Å²) in [5.74, 6) is -0.588. The van der Waals surface area contributed by atoms with Gasteiger partial charge in [-0.05, 0) is 44.6 Å².